The van der Waals surface area contributed by atoms with Gasteiger partial charge in [0.1, 0.15) is 0 Å². The molecule has 0 N–H and O–H groups in total. The highest BCUT2D eigenvalue weighted by molar-refractivity contribution is 5.83. The van der Waals surface area contributed by atoms with E-state index in [1.54, 1.807) is 0 Å². The van der Waals surface area contributed by atoms with Gasteiger partial charge in [0.25, 0.3) is 0 Å². The number of benzene rings is 7. The molecule has 0 saturated carbocycles. The van der Waals surface area contributed by atoms with Crippen molar-refractivity contribution in [1.29, 1.82) is 0 Å². The number of rotatable bonds is 2. The summed E-state index contributed by atoms with van der Waals surface area (Å²) in [5.74, 6) is 0. The third kappa shape index (κ3) is 9.55. The number of aryl methyl sites for hydroxylation is 5. The molecule has 49 heavy (non-hydrogen) atoms. The van der Waals surface area contributed by atoms with E-state index in [4.69, 9.17) is 0 Å². The Balaban J connectivity index is 0.000000142. The second kappa shape index (κ2) is 17.1. The Kier molecular flexibility index (Phi) is 12.2. The number of fused-ring (bicyclic) bond motifs is 3. The summed E-state index contributed by atoms with van der Waals surface area (Å²) in [5.41, 5.74) is 19.1. The zero-order chi connectivity index (χ0) is 34.6. The van der Waals surface area contributed by atoms with Crippen molar-refractivity contribution in [3.8, 4) is 33.4 Å². The van der Waals surface area contributed by atoms with Crippen molar-refractivity contribution in [2.45, 2.75) is 48.0 Å². The summed E-state index contributed by atoms with van der Waals surface area (Å²) >= 11 is 0. The van der Waals surface area contributed by atoms with Gasteiger partial charge >= 0.3 is 0 Å². The van der Waals surface area contributed by atoms with E-state index in [-0.39, 0.29) is 0 Å². The normalized spacial score (nSPS) is 10.6. The minimum atomic E-state index is 1.07. The van der Waals surface area contributed by atoms with Crippen LogP contribution in [0, 0.1) is 41.5 Å². The van der Waals surface area contributed by atoms with Crippen LogP contribution in [0.5, 0.6) is 0 Å². The van der Waals surface area contributed by atoms with Crippen molar-refractivity contribution in [3.05, 3.63) is 214 Å². The molecule has 0 fully saturated rings. The summed E-state index contributed by atoms with van der Waals surface area (Å²) in [6, 6.07) is 59.8. The maximum Gasteiger partial charge on any atom is -0.00106 e. The SMILES string of the molecule is Cc1ccc(-c2ccccc2)cc1.Cc1ccc(C)cc1.Cc1ccccc1.Cc1ccccc1-c1ccc2c(c1C)Cc1ccccc1-2. The lowest BCUT2D eigenvalue weighted by atomic mass is 9.91. The third-order valence-electron chi connectivity index (χ3n) is 9.03. The van der Waals surface area contributed by atoms with Crippen molar-refractivity contribution in [1.82, 2.24) is 0 Å². The van der Waals surface area contributed by atoms with Crippen LogP contribution < -0.4 is 0 Å². The van der Waals surface area contributed by atoms with Gasteiger partial charge in [-0.25, -0.2) is 0 Å². The molecular formula is C49H48. The summed E-state index contributed by atoms with van der Waals surface area (Å²) in [5, 5.41) is 0. The van der Waals surface area contributed by atoms with Gasteiger partial charge < -0.3 is 0 Å². The predicted octanol–water partition coefficient (Wildman–Crippen LogP) is 13.5. The lowest BCUT2D eigenvalue weighted by molar-refractivity contribution is 1.22. The molecule has 0 heteroatoms. The summed E-state index contributed by atoms with van der Waals surface area (Å²) in [4.78, 5) is 0. The molecule has 0 radical (unpaired) electrons. The number of hydrogen-bond acceptors (Lipinski definition) is 0. The molecule has 0 bridgehead atoms. The van der Waals surface area contributed by atoms with Gasteiger partial charge in [-0.05, 0) is 104 Å². The Hall–Kier alpha value is -5.46. The average molecular weight is 637 g/mol. The highest BCUT2D eigenvalue weighted by Gasteiger charge is 2.21. The van der Waals surface area contributed by atoms with Crippen LogP contribution in [0.4, 0.5) is 0 Å². The fourth-order valence-electron chi connectivity index (χ4n) is 6.08. The monoisotopic (exact) mass is 636 g/mol. The van der Waals surface area contributed by atoms with Gasteiger partial charge in [-0.15, -0.1) is 0 Å². The van der Waals surface area contributed by atoms with Crippen LogP contribution in [0.25, 0.3) is 33.4 Å². The molecule has 0 nitrogen and oxygen atoms in total. The molecule has 244 valence electrons. The maximum absolute atomic E-state index is 2.30. The lowest BCUT2D eigenvalue weighted by Gasteiger charge is -2.13. The Morgan fingerprint density at radius 1 is 0.306 bits per heavy atom. The standard InChI is InChI=1S/C21H18.C13H12.C8H10.C7H8/c1-14-7-3-5-9-17(14)18-11-12-20-19-10-6-4-8-16(19)13-21(20)15(18)2;1-11-7-9-13(10-8-11)12-5-3-2-4-6-12;1-7-3-5-8(2)6-4-7;1-7-5-3-2-4-6-7/h3-12H,13H2,1-2H3;2-10H,1H3;3-6H,1-2H3;2-6H,1H3. The Morgan fingerprint density at radius 3 is 1.29 bits per heavy atom. The van der Waals surface area contributed by atoms with Crippen molar-refractivity contribution >= 4 is 0 Å². The quantitative estimate of drug-likeness (QED) is 0.177. The zero-order valence-electron chi connectivity index (χ0n) is 29.9. The molecule has 0 aliphatic heterocycles. The molecule has 0 unspecified atom stereocenters. The molecule has 0 amide bonds. The van der Waals surface area contributed by atoms with E-state index in [1.807, 2.05) is 24.3 Å². The fourth-order valence-corrected chi connectivity index (χ4v) is 6.08. The van der Waals surface area contributed by atoms with E-state index in [0.717, 1.165) is 6.42 Å². The molecule has 7 aromatic carbocycles. The van der Waals surface area contributed by atoms with Crippen molar-refractivity contribution in [3.63, 3.8) is 0 Å². The van der Waals surface area contributed by atoms with Crippen LogP contribution in [0.1, 0.15) is 44.5 Å². The van der Waals surface area contributed by atoms with E-state index in [9.17, 15) is 0 Å². The van der Waals surface area contributed by atoms with Crippen molar-refractivity contribution in [2.75, 3.05) is 0 Å². The highest BCUT2D eigenvalue weighted by atomic mass is 14.2. The van der Waals surface area contributed by atoms with Crippen LogP contribution in [-0.2, 0) is 6.42 Å². The predicted molar refractivity (Wildman–Crippen MR) is 213 cm³/mol. The summed E-state index contributed by atoms with van der Waals surface area (Å²) < 4.78 is 0. The minimum absolute atomic E-state index is 1.07. The van der Waals surface area contributed by atoms with Crippen LogP contribution in [0.15, 0.2) is 170 Å². The summed E-state index contributed by atoms with van der Waals surface area (Å²) in [6.45, 7) is 12.8. The zero-order valence-corrected chi connectivity index (χ0v) is 29.9. The average Bonchev–Trinajstić information content (AvgIpc) is 3.52. The fraction of sp³-hybridized carbons (Fsp3) is 0.143. The second-order valence-electron chi connectivity index (χ2n) is 13.0. The Labute approximate surface area is 294 Å². The largest absolute Gasteiger partial charge is 0.0622 e. The molecule has 7 aromatic rings. The molecule has 1 aliphatic carbocycles. The Bertz CT molecular complexity index is 2030. The first kappa shape index (κ1) is 34.9. The summed E-state index contributed by atoms with van der Waals surface area (Å²) in [7, 11) is 0. The molecular weight excluding hydrogens is 589 g/mol. The van der Waals surface area contributed by atoms with Gasteiger partial charge in [0.15, 0.2) is 0 Å². The van der Waals surface area contributed by atoms with Crippen molar-refractivity contribution in [2.24, 2.45) is 0 Å². The van der Waals surface area contributed by atoms with Gasteiger partial charge in [0, 0.05) is 0 Å². The van der Waals surface area contributed by atoms with E-state index in [2.05, 4.69) is 187 Å². The van der Waals surface area contributed by atoms with E-state index >= 15 is 0 Å². The highest BCUT2D eigenvalue weighted by Crippen LogP contribution is 2.41. The first-order chi connectivity index (χ1) is 23.8. The smallest absolute Gasteiger partial charge is 0.00106 e. The topological polar surface area (TPSA) is 0 Å². The molecule has 1 aliphatic rings. The minimum Gasteiger partial charge on any atom is -0.0622 e. The summed E-state index contributed by atoms with van der Waals surface area (Å²) in [6.07, 6.45) is 1.07. The number of hydrogen-bond donors (Lipinski definition) is 0. The van der Waals surface area contributed by atoms with E-state index < -0.39 is 0 Å². The van der Waals surface area contributed by atoms with Gasteiger partial charge in [-0.2, -0.15) is 0 Å². The molecule has 8 rings (SSSR count). The maximum atomic E-state index is 2.30. The van der Waals surface area contributed by atoms with Crippen LogP contribution in [0.3, 0.4) is 0 Å². The molecule has 0 atom stereocenters. The van der Waals surface area contributed by atoms with Crippen LogP contribution in [-0.4, -0.2) is 0 Å². The second-order valence-corrected chi connectivity index (χ2v) is 13.0. The van der Waals surface area contributed by atoms with E-state index in [0.29, 0.717) is 0 Å². The van der Waals surface area contributed by atoms with Gasteiger partial charge in [-0.1, -0.05) is 192 Å². The van der Waals surface area contributed by atoms with Gasteiger partial charge in [0.2, 0.25) is 0 Å². The van der Waals surface area contributed by atoms with Crippen LogP contribution in [0.2, 0.25) is 0 Å². The van der Waals surface area contributed by atoms with Crippen molar-refractivity contribution < 1.29 is 0 Å². The molecule has 0 spiro atoms. The van der Waals surface area contributed by atoms with E-state index in [1.165, 1.54) is 77.9 Å². The first-order valence-corrected chi connectivity index (χ1v) is 17.2. The molecule has 0 aromatic heterocycles. The lowest BCUT2D eigenvalue weighted by Crippen LogP contribution is -1.92. The first-order valence-electron chi connectivity index (χ1n) is 17.2. The Morgan fingerprint density at radius 2 is 0.735 bits per heavy atom. The molecule has 0 heterocycles. The third-order valence-corrected chi connectivity index (χ3v) is 9.03. The van der Waals surface area contributed by atoms with Gasteiger partial charge in [-0.3, -0.25) is 0 Å². The van der Waals surface area contributed by atoms with Gasteiger partial charge in [0.05, 0.1) is 0 Å². The molecule has 0 saturated heterocycles. The van der Waals surface area contributed by atoms with Crippen LogP contribution >= 0.6 is 0 Å².